The highest BCUT2D eigenvalue weighted by atomic mass is 35.5. The average molecular weight is 486 g/mol. The molecule has 0 N–H and O–H groups in total. The zero-order chi connectivity index (χ0) is 23.3. The molecular weight excluding hydrogens is 469 g/mol. The summed E-state index contributed by atoms with van der Waals surface area (Å²) in [5.74, 6) is -1.08. The Morgan fingerprint density at radius 2 is 1.76 bits per heavy atom. The van der Waals surface area contributed by atoms with Gasteiger partial charge in [0.2, 0.25) is 0 Å². The first-order valence-corrected chi connectivity index (χ1v) is 11.0. The van der Waals surface area contributed by atoms with E-state index in [1.807, 2.05) is 12.2 Å². The molecule has 1 aliphatic heterocycles. The Labute approximate surface area is 198 Å². The van der Waals surface area contributed by atoms with E-state index in [2.05, 4.69) is 5.10 Å². The lowest BCUT2D eigenvalue weighted by atomic mass is 9.85. The van der Waals surface area contributed by atoms with E-state index in [1.165, 1.54) is 18.3 Å². The highest BCUT2D eigenvalue weighted by Gasteiger charge is 2.59. The fraction of sp³-hybridized carbons (Fsp3) is 0.261. The predicted molar refractivity (Wildman–Crippen MR) is 121 cm³/mol. The lowest BCUT2D eigenvalue weighted by Crippen LogP contribution is -2.28. The highest BCUT2D eigenvalue weighted by molar-refractivity contribution is 6.42. The first-order valence-electron chi connectivity index (χ1n) is 10.3. The number of nitro groups is 1. The van der Waals surface area contributed by atoms with E-state index in [1.54, 1.807) is 24.3 Å². The van der Waals surface area contributed by atoms with Crippen molar-refractivity contribution in [1.82, 2.24) is 5.01 Å². The van der Waals surface area contributed by atoms with E-state index in [-0.39, 0.29) is 53.5 Å². The summed E-state index contributed by atoms with van der Waals surface area (Å²) in [6.07, 6.45) is 6.12. The van der Waals surface area contributed by atoms with Gasteiger partial charge in [-0.1, -0.05) is 41.4 Å². The molecule has 0 aromatic heterocycles. The number of carbonyl (C=O) groups excluding carboxylic acids is 2. The van der Waals surface area contributed by atoms with Crippen LogP contribution in [0.4, 0.5) is 5.69 Å². The van der Waals surface area contributed by atoms with E-state index in [9.17, 15) is 19.7 Å². The number of rotatable bonds is 6. The predicted octanol–water partition coefficient (Wildman–Crippen LogP) is 4.62. The third-order valence-corrected chi connectivity index (χ3v) is 7.07. The molecule has 168 valence electrons. The van der Waals surface area contributed by atoms with Crippen LogP contribution < -0.4 is 4.74 Å². The number of hydrazone groups is 1. The van der Waals surface area contributed by atoms with Crippen molar-refractivity contribution in [3.05, 3.63) is 79.8 Å². The molecule has 4 atom stereocenters. The molecule has 2 bridgehead atoms. The molecule has 2 aromatic carbocycles. The Balaban J connectivity index is 1.32. The van der Waals surface area contributed by atoms with Crippen molar-refractivity contribution in [2.75, 3.05) is 0 Å². The lowest BCUT2D eigenvalue weighted by molar-refractivity contribution is -0.385. The van der Waals surface area contributed by atoms with Crippen LogP contribution in [0.3, 0.4) is 0 Å². The van der Waals surface area contributed by atoms with Gasteiger partial charge in [-0.2, -0.15) is 10.1 Å². The Bertz CT molecular complexity index is 1210. The van der Waals surface area contributed by atoms with Crippen molar-refractivity contribution in [2.24, 2.45) is 28.8 Å². The quantitative estimate of drug-likeness (QED) is 0.195. The number of nitro benzene ring substituents is 1. The van der Waals surface area contributed by atoms with Crippen molar-refractivity contribution in [3.63, 3.8) is 0 Å². The number of allylic oxidation sites excluding steroid dienone is 2. The number of amides is 2. The number of hydrogen-bond acceptors (Lipinski definition) is 6. The molecule has 1 heterocycles. The first kappa shape index (κ1) is 21.6. The van der Waals surface area contributed by atoms with Crippen LogP contribution in [0, 0.1) is 33.8 Å². The third kappa shape index (κ3) is 3.79. The van der Waals surface area contributed by atoms with Gasteiger partial charge in [-0.3, -0.25) is 19.7 Å². The van der Waals surface area contributed by atoms with E-state index < -0.39 is 4.92 Å². The molecule has 2 amide bonds. The summed E-state index contributed by atoms with van der Waals surface area (Å²) in [4.78, 5) is 36.4. The Hall–Kier alpha value is -3.23. The Morgan fingerprint density at radius 1 is 1.06 bits per heavy atom. The molecule has 10 heteroatoms. The molecule has 0 radical (unpaired) electrons. The number of nitrogens with zero attached hydrogens (tertiary/aromatic N) is 3. The monoisotopic (exact) mass is 485 g/mol. The molecule has 2 fully saturated rings. The molecule has 2 aliphatic carbocycles. The maximum Gasteiger partial charge on any atom is 0.311 e. The highest BCUT2D eigenvalue weighted by Crippen LogP contribution is 2.52. The second kappa shape index (κ2) is 8.28. The minimum Gasteiger partial charge on any atom is -0.482 e. The van der Waals surface area contributed by atoms with Gasteiger partial charge in [0, 0.05) is 11.6 Å². The number of hydrogen-bond donors (Lipinski definition) is 0. The number of benzene rings is 2. The molecule has 1 saturated heterocycles. The summed E-state index contributed by atoms with van der Waals surface area (Å²) in [5, 5.41) is 17.3. The minimum absolute atomic E-state index is 0.0566. The van der Waals surface area contributed by atoms with E-state index in [0.717, 1.165) is 11.4 Å². The molecule has 3 aliphatic rings. The topological polar surface area (TPSA) is 102 Å². The standard InChI is InChI=1S/C23H17Cl2N3O5/c24-16-5-1-13(7-17(16)25)11-33-19-6-2-12(8-18(19)28(31)32)10-26-27-22(29)20-14-3-4-15(9-14)21(20)23(27)30/h1-8,10,14-15,20-21H,9,11H2/t14-,15-,20-,21+/m0/s1. The van der Waals surface area contributed by atoms with Crippen LogP contribution in [-0.4, -0.2) is 28.0 Å². The van der Waals surface area contributed by atoms with Gasteiger partial charge in [-0.05, 0) is 48.1 Å². The summed E-state index contributed by atoms with van der Waals surface area (Å²) >= 11 is 11.9. The zero-order valence-electron chi connectivity index (χ0n) is 17.1. The first-order chi connectivity index (χ1) is 15.8. The second-order valence-corrected chi connectivity index (χ2v) is 9.07. The molecule has 1 saturated carbocycles. The molecular formula is C23H17Cl2N3O5. The minimum atomic E-state index is -0.568. The normalized spacial score (nSPS) is 25.3. The number of ether oxygens (including phenoxy) is 1. The Kier molecular flexibility index (Phi) is 5.42. The Morgan fingerprint density at radius 3 is 2.39 bits per heavy atom. The van der Waals surface area contributed by atoms with Crippen LogP contribution in [0.25, 0.3) is 0 Å². The van der Waals surface area contributed by atoms with Gasteiger partial charge in [0.25, 0.3) is 11.8 Å². The smallest absolute Gasteiger partial charge is 0.311 e. The van der Waals surface area contributed by atoms with E-state index in [4.69, 9.17) is 27.9 Å². The summed E-state index contributed by atoms with van der Waals surface area (Å²) in [6.45, 7) is 0.0566. The van der Waals surface area contributed by atoms with Gasteiger partial charge < -0.3 is 4.74 Å². The van der Waals surface area contributed by atoms with Gasteiger partial charge in [0.15, 0.2) is 5.75 Å². The van der Waals surface area contributed by atoms with Crippen molar-refractivity contribution >= 4 is 46.9 Å². The maximum atomic E-state index is 12.7. The molecule has 8 nitrogen and oxygen atoms in total. The van der Waals surface area contributed by atoms with Crippen LogP contribution in [0.5, 0.6) is 5.75 Å². The molecule has 5 rings (SSSR count). The molecule has 0 spiro atoms. The fourth-order valence-corrected chi connectivity index (χ4v) is 5.12. The van der Waals surface area contributed by atoms with E-state index >= 15 is 0 Å². The zero-order valence-corrected chi connectivity index (χ0v) is 18.6. The fourth-order valence-electron chi connectivity index (χ4n) is 4.79. The molecule has 33 heavy (non-hydrogen) atoms. The van der Waals surface area contributed by atoms with Gasteiger partial charge in [0.1, 0.15) is 6.61 Å². The summed E-state index contributed by atoms with van der Waals surface area (Å²) < 4.78 is 5.61. The van der Waals surface area contributed by atoms with Crippen LogP contribution in [0.2, 0.25) is 10.0 Å². The van der Waals surface area contributed by atoms with Crippen molar-refractivity contribution in [1.29, 1.82) is 0 Å². The number of halogens is 2. The third-order valence-electron chi connectivity index (χ3n) is 6.33. The maximum absolute atomic E-state index is 12.7. The largest absolute Gasteiger partial charge is 0.482 e. The summed E-state index contributed by atoms with van der Waals surface area (Å²) in [6, 6.07) is 9.25. The van der Waals surface area contributed by atoms with Crippen LogP contribution in [0.15, 0.2) is 53.7 Å². The molecule has 0 unspecified atom stereocenters. The van der Waals surface area contributed by atoms with Crippen LogP contribution in [0.1, 0.15) is 17.5 Å². The van der Waals surface area contributed by atoms with Crippen LogP contribution in [-0.2, 0) is 16.2 Å². The number of carbonyl (C=O) groups is 2. The van der Waals surface area contributed by atoms with Crippen molar-refractivity contribution < 1.29 is 19.2 Å². The van der Waals surface area contributed by atoms with Gasteiger partial charge in [-0.25, -0.2) is 0 Å². The number of imide groups is 1. The SMILES string of the molecule is O=C1[C@@H]2[C@H](C(=O)N1N=Cc1ccc(OCc3ccc(Cl)c(Cl)c3)c([N+](=O)[O-])c1)[C@H]1C=C[C@H]2C1. The van der Waals surface area contributed by atoms with Gasteiger partial charge in [0.05, 0.1) is 33.0 Å². The lowest BCUT2D eigenvalue weighted by Gasteiger charge is -2.13. The van der Waals surface area contributed by atoms with Crippen molar-refractivity contribution in [3.8, 4) is 5.75 Å². The van der Waals surface area contributed by atoms with Gasteiger partial charge >= 0.3 is 5.69 Å². The van der Waals surface area contributed by atoms with Crippen molar-refractivity contribution in [2.45, 2.75) is 13.0 Å². The van der Waals surface area contributed by atoms with Crippen LogP contribution >= 0.6 is 23.2 Å². The van der Waals surface area contributed by atoms with E-state index in [0.29, 0.717) is 21.2 Å². The summed E-state index contributed by atoms with van der Waals surface area (Å²) in [7, 11) is 0. The number of fused-ring (bicyclic) bond motifs is 5. The van der Waals surface area contributed by atoms with Gasteiger partial charge in [-0.15, -0.1) is 0 Å². The molecule has 2 aromatic rings. The average Bonchev–Trinajstić information content (AvgIpc) is 3.47. The summed E-state index contributed by atoms with van der Waals surface area (Å²) in [5.41, 5.74) is 0.795. The second-order valence-electron chi connectivity index (χ2n) is 8.25.